The molecular weight excluding hydrogens is 471 g/mol. The van der Waals surface area contributed by atoms with Crippen LogP contribution in [0.2, 0.25) is 0 Å². The molecule has 0 bridgehead atoms. The maximum absolute atomic E-state index is 13.3. The van der Waals surface area contributed by atoms with Crippen LogP contribution >= 0.6 is 11.8 Å². The Hall–Kier alpha value is -3.54. The average Bonchev–Trinajstić information content (AvgIpc) is 3.32. The molecule has 3 heterocycles. The van der Waals surface area contributed by atoms with Gasteiger partial charge in [0.1, 0.15) is 29.5 Å². The summed E-state index contributed by atoms with van der Waals surface area (Å²) in [5.74, 6) is 0.00919. The number of aryl methyl sites for hydroxylation is 1. The first-order valence-corrected chi connectivity index (χ1v) is 11.2. The van der Waals surface area contributed by atoms with Gasteiger partial charge in [-0.05, 0) is 19.4 Å². The summed E-state index contributed by atoms with van der Waals surface area (Å²) in [4.78, 5) is 25.0. The monoisotopic (exact) mass is 491 g/mol. The lowest BCUT2D eigenvalue weighted by atomic mass is 10.2. The van der Waals surface area contributed by atoms with E-state index in [2.05, 4.69) is 15.0 Å². The number of anilines is 1. The Labute approximate surface area is 196 Å². The number of nitrogen functional groups attached to an aromatic ring is 1. The van der Waals surface area contributed by atoms with Crippen LogP contribution in [0, 0.1) is 6.92 Å². The zero-order valence-electron chi connectivity index (χ0n) is 18.2. The Morgan fingerprint density at radius 3 is 2.65 bits per heavy atom. The van der Waals surface area contributed by atoms with Crippen LogP contribution in [-0.4, -0.2) is 38.3 Å². The van der Waals surface area contributed by atoms with Gasteiger partial charge in [0.25, 0.3) is 0 Å². The lowest BCUT2D eigenvalue weighted by Crippen LogP contribution is -2.19. The van der Waals surface area contributed by atoms with Crippen LogP contribution in [-0.2, 0) is 17.0 Å². The molecule has 8 nitrogen and oxygen atoms in total. The maximum atomic E-state index is 13.3. The summed E-state index contributed by atoms with van der Waals surface area (Å²) >= 11 is 1.04. The molecule has 0 unspecified atom stereocenters. The van der Waals surface area contributed by atoms with Gasteiger partial charge in [0.15, 0.2) is 5.16 Å². The number of nitrogens with two attached hydrogens (primary N) is 1. The Kier molecular flexibility index (Phi) is 6.51. The summed E-state index contributed by atoms with van der Waals surface area (Å²) in [6.45, 7) is 2.25. The number of alkyl halides is 3. The van der Waals surface area contributed by atoms with Crippen LogP contribution in [0.5, 0.6) is 0 Å². The second kappa shape index (κ2) is 9.37. The van der Waals surface area contributed by atoms with Gasteiger partial charge in [-0.2, -0.15) is 18.2 Å². The molecule has 2 N–H and O–H groups in total. The summed E-state index contributed by atoms with van der Waals surface area (Å²) < 4.78 is 51.6. The lowest BCUT2D eigenvalue weighted by Gasteiger charge is -2.14. The molecule has 0 fully saturated rings. The summed E-state index contributed by atoms with van der Waals surface area (Å²) in [5.41, 5.74) is 7.29. The minimum absolute atomic E-state index is 0.0177. The molecule has 0 radical (unpaired) electrons. The minimum atomic E-state index is -4.44. The second-order valence-corrected chi connectivity index (χ2v) is 8.18. The Balaban J connectivity index is 1.64. The number of imidazole rings is 1. The number of rotatable bonds is 7. The van der Waals surface area contributed by atoms with E-state index >= 15 is 0 Å². The third-order valence-electron chi connectivity index (χ3n) is 4.84. The molecule has 0 aliphatic heterocycles. The van der Waals surface area contributed by atoms with Crippen molar-refractivity contribution in [3.63, 3.8) is 0 Å². The van der Waals surface area contributed by atoms with Crippen molar-refractivity contribution in [2.75, 3.05) is 12.3 Å². The molecule has 0 aliphatic rings. The molecule has 12 heteroatoms. The fourth-order valence-electron chi connectivity index (χ4n) is 3.47. The molecule has 178 valence electrons. The fraction of sp³-hybridized carbons (Fsp3) is 0.273. The van der Waals surface area contributed by atoms with Crippen LogP contribution in [0.25, 0.3) is 22.4 Å². The molecule has 4 aromatic rings. The van der Waals surface area contributed by atoms with Crippen molar-refractivity contribution in [2.24, 2.45) is 0 Å². The van der Waals surface area contributed by atoms with E-state index in [1.54, 1.807) is 44.2 Å². The summed E-state index contributed by atoms with van der Waals surface area (Å²) in [5, 5.41) is 0.399. The summed E-state index contributed by atoms with van der Waals surface area (Å²) in [6.07, 6.45) is -3.03. The first-order valence-electron chi connectivity index (χ1n) is 10.2. The van der Waals surface area contributed by atoms with Crippen molar-refractivity contribution in [3.05, 3.63) is 53.7 Å². The molecular formula is C22H20F3N5O3S. The van der Waals surface area contributed by atoms with Crippen molar-refractivity contribution in [2.45, 2.75) is 37.5 Å². The van der Waals surface area contributed by atoms with Crippen LogP contribution in [0.1, 0.15) is 28.9 Å². The van der Waals surface area contributed by atoms with Crippen LogP contribution in [0.15, 0.2) is 46.1 Å². The average molecular weight is 491 g/mol. The number of hydrogen-bond donors (Lipinski definition) is 1. The van der Waals surface area contributed by atoms with Gasteiger partial charge < -0.3 is 19.5 Å². The van der Waals surface area contributed by atoms with E-state index in [1.807, 2.05) is 0 Å². The Bertz CT molecular complexity index is 1340. The molecule has 1 aromatic carbocycles. The predicted octanol–water partition coefficient (Wildman–Crippen LogP) is 5.01. The quantitative estimate of drug-likeness (QED) is 0.284. The SMILES string of the molecule is CCOC(=O)c1c(C)oc2nc(CSc3ncc(-c4ccccc4)n3CC(F)(F)F)nc(N)c12. The smallest absolute Gasteiger partial charge is 0.406 e. The number of carbonyl (C=O) groups is 1. The van der Waals surface area contributed by atoms with Gasteiger partial charge in [0, 0.05) is 0 Å². The molecule has 0 amide bonds. The minimum Gasteiger partial charge on any atom is -0.462 e. The highest BCUT2D eigenvalue weighted by Crippen LogP contribution is 2.33. The fourth-order valence-corrected chi connectivity index (χ4v) is 4.30. The number of aromatic nitrogens is 4. The van der Waals surface area contributed by atoms with Gasteiger partial charge in [-0.1, -0.05) is 42.1 Å². The summed E-state index contributed by atoms with van der Waals surface area (Å²) in [6, 6.07) is 8.71. The van der Waals surface area contributed by atoms with Crippen molar-refractivity contribution in [1.82, 2.24) is 19.5 Å². The molecule has 0 aliphatic carbocycles. The third kappa shape index (κ3) is 4.86. The van der Waals surface area contributed by atoms with E-state index in [0.29, 0.717) is 11.3 Å². The van der Waals surface area contributed by atoms with Crippen molar-refractivity contribution < 1.29 is 27.1 Å². The molecule has 34 heavy (non-hydrogen) atoms. The van der Waals surface area contributed by atoms with E-state index in [9.17, 15) is 18.0 Å². The molecule has 3 aromatic heterocycles. The number of carbonyl (C=O) groups excluding carboxylic acids is 1. The number of furan rings is 1. The van der Waals surface area contributed by atoms with E-state index in [4.69, 9.17) is 14.9 Å². The molecule has 4 rings (SSSR count). The number of ether oxygens (including phenoxy) is 1. The highest BCUT2D eigenvalue weighted by atomic mass is 32.2. The largest absolute Gasteiger partial charge is 0.462 e. The Morgan fingerprint density at radius 2 is 1.97 bits per heavy atom. The lowest BCUT2D eigenvalue weighted by molar-refractivity contribution is -0.141. The van der Waals surface area contributed by atoms with Gasteiger partial charge in [0.2, 0.25) is 5.71 Å². The molecule has 0 saturated carbocycles. The van der Waals surface area contributed by atoms with Crippen LogP contribution in [0.3, 0.4) is 0 Å². The van der Waals surface area contributed by atoms with E-state index in [-0.39, 0.29) is 51.6 Å². The number of benzene rings is 1. The number of hydrogen-bond acceptors (Lipinski definition) is 8. The van der Waals surface area contributed by atoms with E-state index < -0.39 is 18.7 Å². The maximum Gasteiger partial charge on any atom is 0.406 e. The summed E-state index contributed by atoms with van der Waals surface area (Å²) in [7, 11) is 0. The number of fused-ring (bicyclic) bond motifs is 1. The molecule has 0 atom stereocenters. The van der Waals surface area contributed by atoms with Gasteiger partial charge in [-0.3, -0.25) is 0 Å². The van der Waals surface area contributed by atoms with Crippen LogP contribution in [0.4, 0.5) is 19.0 Å². The highest BCUT2D eigenvalue weighted by molar-refractivity contribution is 7.98. The number of thioether (sulfide) groups is 1. The highest BCUT2D eigenvalue weighted by Gasteiger charge is 2.31. The number of nitrogens with zero attached hydrogens (tertiary/aromatic N) is 4. The molecule has 0 saturated heterocycles. The number of esters is 1. The van der Waals surface area contributed by atoms with Crippen molar-refractivity contribution >= 4 is 34.6 Å². The normalized spacial score (nSPS) is 11.8. The standard InChI is InChI=1S/C22H20F3N5O3S/c1-3-32-20(31)16-12(2)33-19-17(16)18(26)28-15(29-19)10-34-21-27-9-14(13-7-5-4-6-8-13)30(21)11-22(23,24)25/h4-9H,3,10-11H2,1-2H3,(H2,26,28,29). The van der Waals surface area contributed by atoms with Gasteiger partial charge >= 0.3 is 12.1 Å². The zero-order valence-corrected chi connectivity index (χ0v) is 19.0. The predicted molar refractivity (Wildman–Crippen MR) is 120 cm³/mol. The third-order valence-corrected chi connectivity index (χ3v) is 5.82. The second-order valence-electron chi connectivity index (χ2n) is 7.24. The van der Waals surface area contributed by atoms with Crippen molar-refractivity contribution in [1.29, 1.82) is 0 Å². The first kappa shape index (κ1) is 23.6. The Morgan fingerprint density at radius 1 is 1.24 bits per heavy atom. The zero-order chi connectivity index (χ0) is 24.5. The van der Waals surface area contributed by atoms with E-state index in [0.717, 1.165) is 16.3 Å². The van der Waals surface area contributed by atoms with Crippen molar-refractivity contribution in [3.8, 4) is 11.3 Å². The molecule has 0 spiro atoms. The van der Waals surface area contributed by atoms with Gasteiger partial charge in [-0.25, -0.2) is 14.8 Å². The van der Waals surface area contributed by atoms with Gasteiger partial charge in [-0.15, -0.1) is 0 Å². The van der Waals surface area contributed by atoms with E-state index in [1.165, 1.54) is 6.20 Å². The number of halogens is 3. The topological polar surface area (TPSA) is 109 Å². The first-order chi connectivity index (χ1) is 16.2. The van der Waals surface area contributed by atoms with Crippen LogP contribution < -0.4 is 5.73 Å². The van der Waals surface area contributed by atoms with Gasteiger partial charge in [0.05, 0.1) is 29.6 Å².